The molecule has 0 fully saturated rings. The van der Waals surface area contributed by atoms with Crippen LogP contribution in [0.3, 0.4) is 0 Å². The molecule has 21 heavy (non-hydrogen) atoms. The van der Waals surface area contributed by atoms with Crippen LogP contribution < -0.4 is 4.74 Å². The third kappa shape index (κ3) is 3.23. The summed E-state index contributed by atoms with van der Waals surface area (Å²) in [6, 6.07) is 4.68. The molecule has 1 aromatic heterocycles. The Hall–Kier alpha value is -1.49. The Bertz CT molecular complexity index is 681. The highest BCUT2D eigenvalue weighted by molar-refractivity contribution is 6.41. The summed E-state index contributed by atoms with van der Waals surface area (Å²) in [5.41, 5.74) is 1.27. The number of carbonyl (C=O) groups excluding carboxylic acids is 1. The van der Waals surface area contributed by atoms with Crippen molar-refractivity contribution in [3.05, 3.63) is 45.0 Å². The van der Waals surface area contributed by atoms with Gasteiger partial charge in [-0.05, 0) is 18.2 Å². The minimum absolute atomic E-state index is 0.159. The number of hydrogen-bond acceptors (Lipinski definition) is 4. The Labute approximate surface area is 136 Å². The Kier molecular flexibility index (Phi) is 4.93. The molecule has 0 aliphatic heterocycles. The highest BCUT2D eigenvalue weighted by Crippen LogP contribution is 2.38. The van der Waals surface area contributed by atoms with Gasteiger partial charge in [-0.15, -0.1) is 0 Å². The van der Waals surface area contributed by atoms with E-state index in [1.807, 2.05) is 0 Å². The highest BCUT2D eigenvalue weighted by Gasteiger charge is 2.18. The van der Waals surface area contributed by atoms with Gasteiger partial charge in [0.1, 0.15) is 5.56 Å². The van der Waals surface area contributed by atoms with Gasteiger partial charge in [0.15, 0.2) is 0 Å². The van der Waals surface area contributed by atoms with Crippen LogP contribution in [-0.2, 0) is 4.74 Å². The molecule has 4 nitrogen and oxygen atoms in total. The monoisotopic (exact) mass is 345 g/mol. The zero-order chi connectivity index (χ0) is 15.6. The lowest BCUT2D eigenvalue weighted by molar-refractivity contribution is 0.0596. The molecule has 7 heteroatoms. The van der Waals surface area contributed by atoms with E-state index in [1.165, 1.54) is 20.4 Å². The molecular formula is C14H10Cl3NO3. The third-order valence-corrected chi connectivity index (χ3v) is 3.56. The minimum atomic E-state index is -0.567. The largest absolute Gasteiger partial charge is 0.480 e. The summed E-state index contributed by atoms with van der Waals surface area (Å²) in [6.07, 6.45) is 1.51. The molecule has 0 bridgehead atoms. The molecule has 2 rings (SSSR count). The number of benzene rings is 1. The summed E-state index contributed by atoms with van der Waals surface area (Å²) in [5.74, 6) is -0.408. The molecule has 0 aliphatic carbocycles. The Morgan fingerprint density at radius 3 is 2.24 bits per heavy atom. The van der Waals surface area contributed by atoms with Crippen LogP contribution in [0.1, 0.15) is 10.4 Å². The number of nitrogens with zero attached hydrogens (tertiary/aromatic N) is 1. The Morgan fingerprint density at radius 1 is 1.10 bits per heavy atom. The lowest BCUT2D eigenvalue weighted by Crippen LogP contribution is -2.06. The van der Waals surface area contributed by atoms with Gasteiger partial charge in [-0.3, -0.25) is 0 Å². The van der Waals surface area contributed by atoms with E-state index in [1.54, 1.807) is 18.2 Å². The second-order valence-electron chi connectivity index (χ2n) is 4.02. The fourth-order valence-electron chi connectivity index (χ4n) is 1.83. The number of ether oxygens (including phenoxy) is 2. The first kappa shape index (κ1) is 15.9. The Balaban J connectivity index is 2.63. The molecule has 1 aromatic carbocycles. The first-order chi connectivity index (χ1) is 9.97. The number of carbonyl (C=O) groups is 1. The quantitative estimate of drug-likeness (QED) is 0.768. The average molecular weight is 347 g/mol. The molecular weight excluding hydrogens is 337 g/mol. The third-order valence-electron chi connectivity index (χ3n) is 2.75. The van der Waals surface area contributed by atoms with Crippen LogP contribution in [-0.4, -0.2) is 25.2 Å². The van der Waals surface area contributed by atoms with Gasteiger partial charge in [0, 0.05) is 22.3 Å². The lowest BCUT2D eigenvalue weighted by atomic mass is 10.1. The van der Waals surface area contributed by atoms with Crippen LogP contribution in [0, 0.1) is 0 Å². The maximum absolute atomic E-state index is 11.8. The molecule has 0 radical (unpaired) electrons. The normalized spacial score (nSPS) is 10.3. The van der Waals surface area contributed by atoms with Crippen LogP contribution in [0.5, 0.6) is 5.88 Å². The van der Waals surface area contributed by atoms with E-state index in [0.29, 0.717) is 26.2 Å². The number of esters is 1. The summed E-state index contributed by atoms with van der Waals surface area (Å²) in [5, 5.41) is 1.13. The van der Waals surface area contributed by atoms with Crippen molar-refractivity contribution >= 4 is 40.8 Å². The van der Waals surface area contributed by atoms with E-state index >= 15 is 0 Å². The van der Waals surface area contributed by atoms with Crippen LogP contribution in [0.4, 0.5) is 0 Å². The van der Waals surface area contributed by atoms with Crippen molar-refractivity contribution in [2.45, 2.75) is 0 Å². The van der Waals surface area contributed by atoms with Crippen molar-refractivity contribution in [2.24, 2.45) is 0 Å². The van der Waals surface area contributed by atoms with Crippen LogP contribution >= 0.6 is 34.8 Å². The second-order valence-corrected chi connectivity index (χ2v) is 5.27. The fraction of sp³-hybridized carbons (Fsp3) is 0.143. The number of hydrogen-bond donors (Lipinski definition) is 0. The predicted octanol–water partition coefficient (Wildman–Crippen LogP) is 4.50. The SMILES string of the molecule is COC(=O)c1cc(-c2c(Cl)cc(Cl)cc2Cl)cnc1OC. The summed E-state index contributed by atoms with van der Waals surface area (Å²) < 4.78 is 9.74. The fourth-order valence-corrected chi connectivity index (χ4v) is 2.86. The van der Waals surface area contributed by atoms with Gasteiger partial charge in [0.2, 0.25) is 5.88 Å². The van der Waals surface area contributed by atoms with Gasteiger partial charge in [-0.2, -0.15) is 0 Å². The van der Waals surface area contributed by atoms with Crippen molar-refractivity contribution in [2.75, 3.05) is 14.2 Å². The molecule has 0 unspecified atom stereocenters. The number of pyridine rings is 1. The van der Waals surface area contributed by atoms with Crippen molar-refractivity contribution in [1.82, 2.24) is 4.98 Å². The number of methoxy groups -OCH3 is 2. The maximum Gasteiger partial charge on any atom is 0.343 e. The van der Waals surface area contributed by atoms with Gasteiger partial charge in [0.05, 0.1) is 24.3 Å². The standard InChI is InChI=1S/C14H10Cl3NO3/c1-20-13-9(14(19)21-2)3-7(6-18-13)12-10(16)4-8(15)5-11(12)17/h3-6H,1-2H3. The van der Waals surface area contributed by atoms with Gasteiger partial charge >= 0.3 is 5.97 Å². The van der Waals surface area contributed by atoms with E-state index in [-0.39, 0.29) is 11.4 Å². The van der Waals surface area contributed by atoms with E-state index in [0.717, 1.165) is 0 Å². The van der Waals surface area contributed by atoms with Crippen LogP contribution in [0.2, 0.25) is 15.1 Å². The minimum Gasteiger partial charge on any atom is -0.480 e. The molecule has 0 amide bonds. The summed E-state index contributed by atoms with van der Waals surface area (Å²) in [6.45, 7) is 0. The number of aromatic nitrogens is 1. The van der Waals surface area contributed by atoms with Crippen molar-refractivity contribution in [1.29, 1.82) is 0 Å². The Morgan fingerprint density at radius 2 is 1.71 bits per heavy atom. The molecule has 1 heterocycles. The molecule has 110 valence electrons. The summed E-state index contributed by atoms with van der Waals surface area (Å²) in [4.78, 5) is 15.8. The smallest absolute Gasteiger partial charge is 0.343 e. The topological polar surface area (TPSA) is 48.4 Å². The number of rotatable bonds is 3. The van der Waals surface area contributed by atoms with E-state index < -0.39 is 5.97 Å². The maximum atomic E-state index is 11.8. The molecule has 0 atom stereocenters. The van der Waals surface area contributed by atoms with Crippen molar-refractivity contribution in [3.8, 4) is 17.0 Å². The summed E-state index contributed by atoms with van der Waals surface area (Å²) in [7, 11) is 2.69. The van der Waals surface area contributed by atoms with Crippen molar-refractivity contribution in [3.63, 3.8) is 0 Å². The predicted molar refractivity (Wildman–Crippen MR) is 82.6 cm³/mol. The molecule has 2 aromatic rings. The van der Waals surface area contributed by atoms with Gasteiger partial charge in [0.25, 0.3) is 0 Å². The highest BCUT2D eigenvalue weighted by atomic mass is 35.5. The van der Waals surface area contributed by atoms with Gasteiger partial charge in [-0.25, -0.2) is 9.78 Å². The lowest BCUT2D eigenvalue weighted by Gasteiger charge is -2.11. The van der Waals surface area contributed by atoms with E-state index in [2.05, 4.69) is 4.98 Å². The zero-order valence-corrected chi connectivity index (χ0v) is 13.4. The average Bonchev–Trinajstić information content (AvgIpc) is 2.45. The second kappa shape index (κ2) is 6.52. The first-order valence-electron chi connectivity index (χ1n) is 5.75. The first-order valence-corrected chi connectivity index (χ1v) is 6.88. The van der Waals surface area contributed by atoms with Crippen LogP contribution in [0.15, 0.2) is 24.4 Å². The molecule has 0 spiro atoms. The molecule has 0 saturated carbocycles. The molecule has 0 saturated heterocycles. The number of halogens is 3. The van der Waals surface area contributed by atoms with E-state index in [9.17, 15) is 4.79 Å². The zero-order valence-electron chi connectivity index (χ0n) is 11.1. The molecule has 0 aliphatic rings. The van der Waals surface area contributed by atoms with Crippen LogP contribution in [0.25, 0.3) is 11.1 Å². The van der Waals surface area contributed by atoms with Crippen molar-refractivity contribution < 1.29 is 14.3 Å². The molecule has 0 N–H and O–H groups in total. The van der Waals surface area contributed by atoms with E-state index in [4.69, 9.17) is 44.3 Å². The summed E-state index contributed by atoms with van der Waals surface area (Å²) >= 11 is 18.2. The van der Waals surface area contributed by atoms with Gasteiger partial charge in [-0.1, -0.05) is 34.8 Å². The van der Waals surface area contributed by atoms with Gasteiger partial charge < -0.3 is 9.47 Å².